The van der Waals surface area contributed by atoms with Gasteiger partial charge in [-0.1, -0.05) is 49.3 Å². The molecule has 0 saturated heterocycles. The highest BCUT2D eigenvalue weighted by Gasteiger charge is 1.95. The fourth-order valence-corrected chi connectivity index (χ4v) is 1.59. The summed E-state index contributed by atoms with van der Waals surface area (Å²) >= 11 is 0. The standard InChI is InChI=1S/C18H24O2/c1-2-3-4-5-6-7-8-9-10-11-12-13-14-15-16-17-18(19)20/h2-3,9-10H,8,11-17H2,1H3,(H,19,20). The van der Waals surface area contributed by atoms with Crippen LogP contribution in [0.3, 0.4) is 0 Å². The molecule has 0 rings (SSSR count). The number of rotatable bonds is 9. The van der Waals surface area contributed by atoms with E-state index in [1.165, 1.54) is 6.42 Å². The number of hydrogen-bond acceptors (Lipinski definition) is 1. The monoisotopic (exact) mass is 272 g/mol. The minimum atomic E-state index is -0.690. The van der Waals surface area contributed by atoms with Crippen molar-refractivity contribution in [2.75, 3.05) is 0 Å². The van der Waals surface area contributed by atoms with Gasteiger partial charge in [-0.3, -0.25) is 4.79 Å². The third-order valence-electron chi connectivity index (χ3n) is 2.62. The third-order valence-corrected chi connectivity index (χ3v) is 2.62. The first-order valence-corrected chi connectivity index (χ1v) is 7.23. The molecule has 0 aliphatic heterocycles. The highest BCUT2D eigenvalue weighted by atomic mass is 16.4. The highest BCUT2D eigenvalue weighted by Crippen LogP contribution is 2.07. The van der Waals surface area contributed by atoms with Gasteiger partial charge in [0.2, 0.25) is 0 Å². The van der Waals surface area contributed by atoms with Crippen LogP contribution >= 0.6 is 0 Å². The number of hydrogen-bond donors (Lipinski definition) is 1. The summed E-state index contributed by atoms with van der Waals surface area (Å²) in [5, 5.41) is 8.49. The van der Waals surface area contributed by atoms with Crippen LogP contribution in [0.1, 0.15) is 58.3 Å². The van der Waals surface area contributed by atoms with E-state index >= 15 is 0 Å². The summed E-state index contributed by atoms with van der Waals surface area (Å²) in [5.74, 6) is 10.6. The van der Waals surface area contributed by atoms with Gasteiger partial charge in [-0.25, -0.2) is 0 Å². The van der Waals surface area contributed by atoms with Gasteiger partial charge in [-0.2, -0.15) is 0 Å². The lowest BCUT2D eigenvalue weighted by Gasteiger charge is -1.97. The van der Waals surface area contributed by atoms with Crippen molar-refractivity contribution in [2.45, 2.75) is 58.3 Å². The maximum absolute atomic E-state index is 10.3. The smallest absolute Gasteiger partial charge is 0.303 e. The second-order valence-corrected chi connectivity index (χ2v) is 4.45. The van der Waals surface area contributed by atoms with Crippen molar-refractivity contribution in [3.63, 3.8) is 0 Å². The molecule has 0 saturated carbocycles. The molecule has 20 heavy (non-hydrogen) atoms. The SMILES string of the molecule is CC=CC#CC#CCC=CCCCCCCCC(=O)O. The van der Waals surface area contributed by atoms with Gasteiger partial charge in [-0.05, 0) is 44.1 Å². The van der Waals surface area contributed by atoms with E-state index in [2.05, 4.69) is 35.8 Å². The van der Waals surface area contributed by atoms with Gasteiger partial charge in [0.15, 0.2) is 0 Å². The normalized spacial score (nSPS) is 10.1. The molecule has 0 fully saturated rings. The lowest BCUT2D eigenvalue weighted by molar-refractivity contribution is -0.137. The molecule has 0 bridgehead atoms. The molecule has 0 aliphatic rings. The van der Waals surface area contributed by atoms with Crippen molar-refractivity contribution in [3.8, 4) is 23.7 Å². The Morgan fingerprint density at radius 1 is 1.05 bits per heavy atom. The van der Waals surface area contributed by atoms with Gasteiger partial charge in [0.25, 0.3) is 0 Å². The number of carboxylic acid groups (broad SMARTS) is 1. The van der Waals surface area contributed by atoms with Crippen molar-refractivity contribution in [2.24, 2.45) is 0 Å². The summed E-state index contributed by atoms with van der Waals surface area (Å²) in [4.78, 5) is 10.3. The van der Waals surface area contributed by atoms with E-state index in [1.54, 1.807) is 6.08 Å². The van der Waals surface area contributed by atoms with Gasteiger partial charge < -0.3 is 5.11 Å². The molecular weight excluding hydrogens is 248 g/mol. The fraction of sp³-hybridized carbons (Fsp3) is 0.500. The Balaban J connectivity index is 3.36. The average Bonchev–Trinajstić information content (AvgIpc) is 2.43. The Kier molecular flexibility index (Phi) is 13.7. The fourth-order valence-electron chi connectivity index (χ4n) is 1.59. The number of allylic oxidation sites excluding steroid dienone is 4. The number of carboxylic acids is 1. The van der Waals surface area contributed by atoms with Crippen LogP contribution < -0.4 is 0 Å². The van der Waals surface area contributed by atoms with E-state index < -0.39 is 5.97 Å². The van der Waals surface area contributed by atoms with Crippen LogP contribution in [0.25, 0.3) is 0 Å². The quantitative estimate of drug-likeness (QED) is 0.385. The van der Waals surface area contributed by atoms with Crippen LogP contribution in [-0.4, -0.2) is 11.1 Å². The Morgan fingerprint density at radius 3 is 2.55 bits per heavy atom. The summed E-state index contributed by atoms with van der Waals surface area (Å²) in [5.41, 5.74) is 0. The molecule has 0 aromatic heterocycles. The maximum atomic E-state index is 10.3. The summed E-state index contributed by atoms with van der Waals surface area (Å²) in [6.07, 6.45) is 15.3. The molecule has 0 aromatic rings. The van der Waals surface area contributed by atoms with Crippen molar-refractivity contribution in [1.29, 1.82) is 0 Å². The molecule has 2 nitrogen and oxygen atoms in total. The van der Waals surface area contributed by atoms with Gasteiger partial charge in [0.05, 0.1) is 0 Å². The average molecular weight is 272 g/mol. The zero-order valence-electron chi connectivity index (χ0n) is 12.3. The lowest BCUT2D eigenvalue weighted by atomic mass is 10.1. The first-order chi connectivity index (χ1) is 9.77. The zero-order valence-corrected chi connectivity index (χ0v) is 12.3. The molecule has 0 unspecified atom stereocenters. The Morgan fingerprint density at radius 2 is 1.80 bits per heavy atom. The van der Waals surface area contributed by atoms with Crippen LogP contribution in [0.15, 0.2) is 24.3 Å². The van der Waals surface area contributed by atoms with Crippen molar-refractivity contribution < 1.29 is 9.90 Å². The van der Waals surface area contributed by atoms with Crippen LogP contribution in [0.2, 0.25) is 0 Å². The van der Waals surface area contributed by atoms with Crippen molar-refractivity contribution in [1.82, 2.24) is 0 Å². The second kappa shape index (κ2) is 15.1. The maximum Gasteiger partial charge on any atom is 0.303 e. The predicted octanol–water partition coefficient (Wildman–Crippen LogP) is 4.33. The molecule has 0 heterocycles. The van der Waals surface area contributed by atoms with E-state index in [-0.39, 0.29) is 0 Å². The topological polar surface area (TPSA) is 37.3 Å². The number of aliphatic carboxylic acids is 1. The largest absolute Gasteiger partial charge is 0.481 e. The van der Waals surface area contributed by atoms with E-state index in [0.29, 0.717) is 6.42 Å². The van der Waals surface area contributed by atoms with Crippen LogP contribution in [0, 0.1) is 23.7 Å². The molecule has 0 aliphatic carbocycles. The first kappa shape index (κ1) is 18.1. The molecule has 1 N–H and O–H groups in total. The summed E-state index contributed by atoms with van der Waals surface area (Å²) < 4.78 is 0. The Bertz CT molecular complexity index is 422. The van der Waals surface area contributed by atoms with Crippen molar-refractivity contribution in [3.05, 3.63) is 24.3 Å². The van der Waals surface area contributed by atoms with Crippen LogP contribution in [0.5, 0.6) is 0 Å². The van der Waals surface area contributed by atoms with Gasteiger partial charge >= 0.3 is 5.97 Å². The van der Waals surface area contributed by atoms with Gasteiger partial charge in [-0.15, -0.1) is 0 Å². The summed E-state index contributed by atoms with van der Waals surface area (Å²) in [7, 11) is 0. The van der Waals surface area contributed by atoms with E-state index in [9.17, 15) is 4.79 Å². The molecule has 0 atom stereocenters. The Hall–Kier alpha value is -1.93. The van der Waals surface area contributed by atoms with E-state index in [4.69, 9.17) is 5.11 Å². The predicted molar refractivity (Wildman–Crippen MR) is 84.1 cm³/mol. The molecule has 2 heteroatoms. The van der Waals surface area contributed by atoms with E-state index in [0.717, 1.165) is 38.5 Å². The molecule has 0 amide bonds. The number of carbonyl (C=O) groups is 1. The zero-order chi connectivity index (χ0) is 14.9. The summed E-state index contributed by atoms with van der Waals surface area (Å²) in [6, 6.07) is 0. The van der Waals surface area contributed by atoms with Gasteiger partial charge in [0, 0.05) is 12.8 Å². The Labute approximate surface area is 123 Å². The first-order valence-electron chi connectivity index (χ1n) is 7.23. The molecule has 0 radical (unpaired) electrons. The van der Waals surface area contributed by atoms with Crippen LogP contribution in [0.4, 0.5) is 0 Å². The van der Waals surface area contributed by atoms with Crippen LogP contribution in [-0.2, 0) is 4.79 Å². The molecular formula is C18H24O2. The molecule has 0 spiro atoms. The molecule has 0 aromatic carbocycles. The second-order valence-electron chi connectivity index (χ2n) is 4.45. The minimum absolute atomic E-state index is 0.301. The van der Waals surface area contributed by atoms with Crippen molar-refractivity contribution >= 4 is 5.97 Å². The minimum Gasteiger partial charge on any atom is -0.481 e. The highest BCUT2D eigenvalue weighted by molar-refractivity contribution is 5.66. The summed E-state index contributed by atoms with van der Waals surface area (Å²) in [6.45, 7) is 1.93. The number of unbranched alkanes of at least 4 members (excludes halogenated alkanes) is 5. The third kappa shape index (κ3) is 16.1. The lowest BCUT2D eigenvalue weighted by Crippen LogP contribution is -1.93. The van der Waals surface area contributed by atoms with Gasteiger partial charge in [0.1, 0.15) is 0 Å². The van der Waals surface area contributed by atoms with E-state index in [1.807, 2.05) is 13.0 Å². The molecule has 108 valence electrons.